The molecule has 0 fully saturated rings. The molecule has 0 spiro atoms. The molecule has 0 saturated carbocycles. The molecule has 1 unspecified atom stereocenters. The van der Waals surface area contributed by atoms with Crippen LogP contribution in [-0.2, 0) is 4.74 Å². The maximum absolute atomic E-state index is 13.3. The molecule has 3 aromatic carbocycles. The first-order chi connectivity index (χ1) is 15.7. The number of hydrogen-bond donors (Lipinski definition) is 0. The molecule has 0 aliphatic rings. The molecule has 0 bridgehead atoms. The van der Waals surface area contributed by atoms with Gasteiger partial charge >= 0.3 is 5.97 Å². The number of pyridine rings is 1. The van der Waals surface area contributed by atoms with E-state index < -0.39 is 12.1 Å². The van der Waals surface area contributed by atoms with Crippen LogP contribution in [0.3, 0.4) is 0 Å². The summed E-state index contributed by atoms with van der Waals surface area (Å²) in [5.41, 5.74) is 6.55. The quantitative estimate of drug-likeness (QED) is 0.218. The molecular weight excluding hydrogens is 478 g/mol. The third-order valence-electron chi connectivity index (χ3n) is 5.78. The zero-order valence-electron chi connectivity index (χ0n) is 19.0. The fraction of sp³-hybridized carbons (Fsp3) is 0.179. The Kier molecular flexibility index (Phi) is 6.43. The third-order valence-corrected chi connectivity index (χ3v) is 6.28. The molecule has 5 heteroatoms. The first kappa shape index (κ1) is 22.9. The third kappa shape index (κ3) is 4.88. The van der Waals surface area contributed by atoms with Crippen LogP contribution in [0.2, 0.25) is 0 Å². The Morgan fingerprint density at radius 3 is 2.30 bits per heavy atom. The standard InChI is InChI=1S/C28H24BrNO3/c1-16-5-8-20(9-6-16)27(31)19(4)33-28(32)24-15-26(21-10-7-17(2)18(3)13-21)30-25-12-11-22(29)14-23(24)25/h5-15,19H,1-4H3. The number of ether oxygens (including phenoxy) is 1. The molecular formula is C28H24BrNO3. The van der Waals surface area contributed by atoms with Crippen LogP contribution in [0.25, 0.3) is 22.2 Å². The molecule has 4 nitrogen and oxygen atoms in total. The molecule has 1 aromatic heterocycles. The molecule has 4 aromatic rings. The predicted octanol–water partition coefficient (Wildman–Crippen LogP) is 7.02. The fourth-order valence-corrected chi connectivity index (χ4v) is 4.01. The summed E-state index contributed by atoms with van der Waals surface area (Å²) >= 11 is 3.47. The van der Waals surface area contributed by atoms with Gasteiger partial charge in [0.15, 0.2) is 6.10 Å². The van der Waals surface area contributed by atoms with Gasteiger partial charge in [0.2, 0.25) is 5.78 Å². The lowest BCUT2D eigenvalue weighted by atomic mass is 10.0. The highest BCUT2D eigenvalue weighted by Crippen LogP contribution is 2.29. The number of carbonyl (C=O) groups excluding carboxylic acids is 2. The van der Waals surface area contributed by atoms with Crippen LogP contribution in [0, 0.1) is 20.8 Å². The lowest BCUT2D eigenvalue weighted by Gasteiger charge is -2.15. The second-order valence-corrected chi connectivity index (χ2v) is 9.21. The van der Waals surface area contributed by atoms with Gasteiger partial charge in [0.25, 0.3) is 0 Å². The van der Waals surface area contributed by atoms with Crippen molar-refractivity contribution in [3.8, 4) is 11.3 Å². The van der Waals surface area contributed by atoms with Crippen molar-refractivity contribution in [3.63, 3.8) is 0 Å². The first-order valence-electron chi connectivity index (χ1n) is 10.7. The highest BCUT2D eigenvalue weighted by molar-refractivity contribution is 9.10. The molecule has 1 heterocycles. The second kappa shape index (κ2) is 9.28. The van der Waals surface area contributed by atoms with Crippen molar-refractivity contribution < 1.29 is 14.3 Å². The molecule has 0 amide bonds. The second-order valence-electron chi connectivity index (χ2n) is 8.29. The summed E-state index contributed by atoms with van der Waals surface area (Å²) in [7, 11) is 0. The molecule has 1 atom stereocenters. The van der Waals surface area contributed by atoms with Gasteiger partial charge in [0.1, 0.15) is 0 Å². The van der Waals surface area contributed by atoms with E-state index in [0.717, 1.165) is 21.2 Å². The number of fused-ring (bicyclic) bond motifs is 1. The minimum atomic E-state index is -0.916. The van der Waals surface area contributed by atoms with Crippen molar-refractivity contribution >= 4 is 38.6 Å². The van der Waals surface area contributed by atoms with E-state index in [2.05, 4.69) is 28.9 Å². The molecule has 0 saturated heterocycles. The normalized spacial score (nSPS) is 11.9. The van der Waals surface area contributed by atoms with Gasteiger partial charge in [0.05, 0.1) is 16.8 Å². The number of benzene rings is 3. The van der Waals surface area contributed by atoms with Crippen LogP contribution in [0.1, 0.15) is 44.3 Å². The van der Waals surface area contributed by atoms with E-state index in [1.54, 1.807) is 25.1 Å². The summed E-state index contributed by atoms with van der Waals surface area (Å²) in [6, 6.07) is 20.7. The van der Waals surface area contributed by atoms with Crippen molar-refractivity contribution in [3.05, 3.63) is 99.0 Å². The Morgan fingerprint density at radius 2 is 1.61 bits per heavy atom. The number of aryl methyl sites for hydroxylation is 3. The van der Waals surface area contributed by atoms with Gasteiger partial charge in [-0.1, -0.05) is 57.9 Å². The maximum atomic E-state index is 13.3. The summed E-state index contributed by atoms with van der Waals surface area (Å²) in [4.78, 5) is 30.8. The Balaban J connectivity index is 1.72. The van der Waals surface area contributed by atoms with Crippen LogP contribution in [-0.4, -0.2) is 22.8 Å². The van der Waals surface area contributed by atoms with Crippen molar-refractivity contribution in [2.75, 3.05) is 0 Å². The van der Waals surface area contributed by atoms with E-state index in [1.165, 1.54) is 5.56 Å². The lowest BCUT2D eigenvalue weighted by molar-refractivity contribution is 0.0320. The SMILES string of the molecule is Cc1ccc(C(=O)C(C)OC(=O)c2cc(-c3ccc(C)c(C)c3)nc3ccc(Br)cc23)cc1. The van der Waals surface area contributed by atoms with E-state index in [-0.39, 0.29) is 5.78 Å². The average molecular weight is 502 g/mol. The van der Waals surface area contributed by atoms with Crippen molar-refractivity contribution in [1.29, 1.82) is 0 Å². The molecule has 4 rings (SSSR count). The topological polar surface area (TPSA) is 56.3 Å². The zero-order chi connectivity index (χ0) is 23.7. The molecule has 33 heavy (non-hydrogen) atoms. The van der Waals surface area contributed by atoms with Crippen LogP contribution in [0.15, 0.2) is 71.2 Å². The summed E-state index contributed by atoms with van der Waals surface area (Å²) in [6.45, 7) is 7.66. The Morgan fingerprint density at radius 1 is 0.879 bits per heavy atom. The van der Waals surface area contributed by atoms with Crippen LogP contribution in [0.5, 0.6) is 0 Å². The van der Waals surface area contributed by atoms with Gasteiger partial charge in [-0.05, 0) is 69.2 Å². The van der Waals surface area contributed by atoms with Crippen LogP contribution >= 0.6 is 15.9 Å². The summed E-state index contributed by atoms with van der Waals surface area (Å²) in [6.07, 6.45) is -0.916. The zero-order valence-corrected chi connectivity index (χ0v) is 20.6. The molecule has 0 N–H and O–H groups in total. The summed E-state index contributed by atoms with van der Waals surface area (Å²) in [5, 5.41) is 0.664. The van der Waals surface area contributed by atoms with E-state index in [1.807, 2.05) is 56.3 Å². The number of hydrogen-bond acceptors (Lipinski definition) is 4. The molecule has 0 aliphatic heterocycles. The van der Waals surface area contributed by atoms with Gasteiger partial charge in [-0.25, -0.2) is 9.78 Å². The largest absolute Gasteiger partial charge is 0.451 e. The van der Waals surface area contributed by atoms with Crippen LogP contribution < -0.4 is 0 Å². The number of rotatable bonds is 5. The van der Waals surface area contributed by atoms with E-state index in [4.69, 9.17) is 9.72 Å². The van der Waals surface area contributed by atoms with Gasteiger partial charge in [-0.2, -0.15) is 0 Å². The number of carbonyl (C=O) groups is 2. The number of nitrogens with zero attached hydrogens (tertiary/aromatic N) is 1. The van der Waals surface area contributed by atoms with Crippen molar-refractivity contribution in [1.82, 2.24) is 4.98 Å². The highest BCUT2D eigenvalue weighted by atomic mass is 79.9. The number of halogens is 1. The van der Waals surface area contributed by atoms with E-state index in [0.29, 0.717) is 27.7 Å². The minimum absolute atomic E-state index is 0.239. The minimum Gasteiger partial charge on any atom is -0.451 e. The summed E-state index contributed by atoms with van der Waals surface area (Å²) in [5.74, 6) is -0.796. The molecule has 0 aliphatic carbocycles. The first-order valence-corrected chi connectivity index (χ1v) is 11.5. The van der Waals surface area contributed by atoms with E-state index >= 15 is 0 Å². The van der Waals surface area contributed by atoms with Crippen molar-refractivity contribution in [2.24, 2.45) is 0 Å². The predicted molar refractivity (Wildman–Crippen MR) is 135 cm³/mol. The van der Waals surface area contributed by atoms with E-state index in [9.17, 15) is 9.59 Å². The van der Waals surface area contributed by atoms with Crippen molar-refractivity contribution in [2.45, 2.75) is 33.8 Å². The van der Waals surface area contributed by atoms with Gasteiger partial charge in [-0.15, -0.1) is 0 Å². The number of Topliss-reactive ketones (excluding diaryl/α,β-unsaturated/α-hetero) is 1. The summed E-state index contributed by atoms with van der Waals surface area (Å²) < 4.78 is 6.46. The highest BCUT2D eigenvalue weighted by Gasteiger charge is 2.23. The van der Waals surface area contributed by atoms with Gasteiger partial charge < -0.3 is 4.74 Å². The molecule has 0 radical (unpaired) electrons. The number of aromatic nitrogens is 1. The van der Waals surface area contributed by atoms with Crippen LogP contribution in [0.4, 0.5) is 0 Å². The average Bonchev–Trinajstić information content (AvgIpc) is 2.80. The molecule has 166 valence electrons. The Labute approximate surface area is 201 Å². The monoisotopic (exact) mass is 501 g/mol. The maximum Gasteiger partial charge on any atom is 0.339 e. The number of ketones is 1. The fourth-order valence-electron chi connectivity index (χ4n) is 3.65. The lowest BCUT2D eigenvalue weighted by Crippen LogP contribution is -2.24. The van der Waals surface area contributed by atoms with Gasteiger partial charge in [0, 0.05) is 21.0 Å². The Hall–Kier alpha value is -3.31. The smallest absolute Gasteiger partial charge is 0.339 e. The number of esters is 1. The van der Waals surface area contributed by atoms with Gasteiger partial charge in [-0.3, -0.25) is 4.79 Å². The Bertz CT molecular complexity index is 1380.